The van der Waals surface area contributed by atoms with Gasteiger partial charge in [-0.2, -0.15) is 0 Å². The molecule has 0 heteroatoms. The van der Waals surface area contributed by atoms with Crippen molar-refractivity contribution in [2.45, 2.75) is 33.1 Å². The van der Waals surface area contributed by atoms with E-state index in [9.17, 15) is 0 Å². The third kappa shape index (κ3) is 18.2. The second-order valence-corrected chi connectivity index (χ2v) is 2.25. The molecule has 0 aliphatic carbocycles. The van der Waals surface area contributed by atoms with Crippen LogP contribution in [0.5, 0.6) is 0 Å². The summed E-state index contributed by atoms with van der Waals surface area (Å²) in [7, 11) is 0. The van der Waals surface area contributed by atoms with Gasteiger partial charge in [0.05, 0.1) is 0 Å². The molecule has 0 aliphatic rings. The summed E-state index contributed by atoms with van der Waals surface area (Å²) >= 11 is 0. The van der Waals surface area contributed by atoms with Crippen molar-refractivity contribution in [1.82, 2.24) is 0 Å². The standard InChI is InChI=1S/C7H15.C2H4/c1-4-5-6-7(2)3;1-2/h7H,2,4-6H2,1,3H3;1-2H2. The van der Waals surface area contributed by atoms with Gasteiger partial charge in [-0.1, -0.05) is 40.0 Å². The fourth-order valence-corrected chi connectivity index (χ4v) is 0.553. The summed E-state index contributed by atoms with van der Waals surface area (Å²) in [5, 5.41) is 0. The molecule has 0 aliphatic heterocycles. The predicted octanol–water partition coefficient (Wildman–Crippen LogP) is 3.45. The summed E-state index contributed by atoms with van der Waals surface area (Å²) in [4.78, 5) is 0. The molecule has 0 aromatic rings. The summed E-state index contributed by atoms with van der Waals surface area (Å²) in [6.07, 6.45) is 3.93. The first-order chi connectivity index (χ1) is 4.27. The van der Waals surface area contributed by atoms with Gasteiger partial charge in [0.15, 0.2) is 0 Å². The van der Waals surface area contributed by atoms with E-state index in [-0.39, 0.29) is 0 Å². The fourth-order valence-electron chi connectivity index (χ4n) is 0.553. The number of hydrogen-bond donors (Lipinski definition) is 0. The Morgan fingerprint density at radius 2 is 1.78 bits per heavy atom. The third-order valence-electron chi connectivity index (χ3n) is 1.05. The summed E-state index contributed by atoms with van der Waals surface area (Å²) in [5.74, 6) is 0.653. The lowest BCUT2D eigenvalue weighted by Gasteiger charge is -1.98. The van der Waals surface area contributed by atoms with Crippen LogP contribution in [0.4, 0.5) is 0 Å². The Labute approximate surface area is 60.0 Å². The Kier molecular flexibility index (Phi) is 13.7. The second-order valence-electron chi connectivity index (χ2n) is 2.25. The van der Waals surface area contributed by atoms with Gasteiger partial charge >= 0.3 is 0 Å². The van der Waals surface area contributed by atoms with Crippen molar-refractivity contribution in [3.8, 4) is 0 Å². The van der Waals surface area contributed by atoms with E-state index in [1.165, 1.54) is 19.3 Å². The maximum Gasteiger partial charge on any atom is -0.0443 e. The Hall–Kier alpha value is -0.260. The Balaban J connectivity index is 0. The molecular weight excluding hydrogens is 108 g/mol. The highest BCUT2D eigenvalue weighted by atomic mass is 13.9. The lowest BCUT2D eigenvalue weighted by atomic mass is 10.1. The smallest absolute Gasteiger partial charge is 0.0443 e. The summed E-state index contributed by atoms with van der Waals surface area (Å²) in [6, 6.07) is 0. The minimum atomic E-state index is 0.653. The van der Waals surface area contributed by atoms with Crippen LogP contribution >= 0.6 is 0 Å². The van der Waals surface area contributed by atoms with Crippen LogP contribution in [0.2, 0.25) is 0 Å². The molecule has 0 fully saturated rings. The maximum atomic E-state index is 3.88. The van der Waals surface area contributed by atoms with Crippen molar-refractivity contribution in [1.29, 1.82) is 0 Å². The largest absolute Gasteiger partial charge is 0.106 e. The summed E-state index contributed by atoms with van der Waals surface area (Å²) in [6.45, 7) is 14.2. The first kappa shape index (κ1) is 11.5. The van der Waals surface area contributed by atoms with Crippen LogP contribution in [-0.4, -0.2) is 0 Å². The van der Waals surface area contributed by atoms with E-state index in [0.29, 0.717) is 5.92 Å². The molecule has 1 radical (unpaired) electrons. The van der Waals surface area contributed by atoms with E-state index in [0.717, 1.165) is 0 Å². The molecular formula is C9H19. The number of hydrogen-bond acceptors (Lipinski definition) is 0. The molecule has 0 heterocycles. The van der Waals surface area contributed by atoms with Gasteiger partial charge in [0, 0.05) is 0 Å². The summed E-state index contributed by atoms with van der Waals surface area (Å²) < 4.78 is 0. The SMILES string of the molecule is C=C.[CH2]C(C)CCCC. The average molecular weight is 127 g/mol. The van der Waals surface area contributed by atoms with E-state index in [4.69, 9.17) is 0 Å². The van der Waals surface area contributed by atoms with Crippen molar-refractivity contribution in [2.75, 3.05) is 0 Å². The highest BCUT2D eigenvalue weighted by Crippen LogP contribution is 2.03. The van der Waals surface area contributed by atoms with E-state index in [2.05, 4.69) is 33.9 Å². The zero-order valence-corrected chi connectivity index (χ0v) is 6.82. The fraction of sp³-hybridized carbons (Fsp3) is 0.667. The maximum absolute atomic E-state index is 3.88. The van der Waals surface area contributed by atoms with Gasteiger partial charge in [0.25, 0.3) is 0 Å². The molecule has 0 rings (SSSR count). The van der Waals surface area contributed by atoms with Crippen LogP contribution in [0.3, 0.4) is 0 Å². The van der Waals surface area contributed by atoms with E-state index >= 15 is 0 Å². The molecule has 0 aromatic carbocycles. The molecule has 0 aromatic heterocycles. The van der Waals surface area contributed by atoms with Crippen molar-refractivity contribution in [2.24, 2.45) is 5.92 Å². The van der Waals surface area contributed by atoms with Gasteiger partial charge in [-0.3, -0.25) is 0 Å². The lowest BCUT2D eigenvalue weighted by Crippen LogP contribution is -1.84. The zero-order chi connectivity index (χ0) is 7.70. The molecule has 1 unspecified atom stereocenters. The van der Waals surface area contributed by atoms with Crippen LogP contribution in [0, 0.1) is 12.8 Å². The van der Waals surface area contributed by atoms with Gasteiger partial charge in [-0.05, 0) is 5.92 Å². The van der Waals surface area contributed by atoms with Gasteiger partial charge in [-0.15, -0.1) is 13.2 Å². The quantitative estimate of drug-likeness (QED) is 0.509. The monoisotopic (exact) mass is 127 g/mol. The zero-order valence-electron chi connectivity index (χ0n) is 6.82. The molecule has 0 N–H and O–H groups in total. The van der Waals surface area contributed by atoms with E-state index in [1.54, 1.807) is 0 Å². The van der Waals surface area contributed by atoms with Crippen LogP contribution in [0.15, 0.2) is 13.2 Å². The minimum Gasteiger partial charge on any atom is -0.106 e. The first-order valence-electron chi connectivity index (χ1n) is 3.60. The molecule has 0 nitrogen and oxygen atoms in total. The highest BCUT2D eigenvalue weighted by Gasteiger charge is 1.88. The van der Waals surface area contributed by atoms with Crippen LogP contribution in [-0.2, 0) is 0 Å². The van der Waals surface area contributed by atoms with Crippen LogP contribution in [0.25, 0.3) is 0 Å². The molecule has 0 spiro atoms. The first-order valence-corrected chi connectivity index (χ1v) is 3.60. The molecule has 0 amide bonds. The molecule has 0 saturated heterocycles. The van der Waals surface area contributed by atoms with Gasteiger partial charge in [0.1, 0.15) is 0 Å². The molecule has 9 heavy (non-hydrogen) atoms. The lowest BCUT2D eigenvalue weighted by molar-refractivity contribution is 0.595. The normalized spacial score (nSPS) is 8.44. The van der Waals surface area contributed by atoms with Crippen molar-refractivity contribution < 1.29 is 0 Å². The molecule has 0 bridgehead atoms. The Bertz CT molecular complexity index is 37.3. The van der Waals surface area contributed by atoms with Gasteiger partial charge in [-0.25, -0.2) is 0 Å². The van der Waals surface area contributed by atoms with Crippen LogP contribution < -0.4 is 0 Å². The Morgan fingerprint density at radius 1 is 1.33 bits per heavy atom. The number of rotatable bonds is 3. The Morgan fingerprint density at radius 3 is 1.89 bits per heavy atom. The molecule has 0 saturated carbocycles. The van der Waals surface area contributed by atoms with E-state index in [1.807, 2.05) is 0 Å². The van der Waals surface area contributed by atoms with Gasteiger partial charge in [0.2, 0.25) is 0 Å². The van der Waals surface area contributed by atoms with Crippen molar-refractivity contribution >= 4 is 0 Å². The third-order valence-corrected chi connectivity index (χ3v) is 1.05. The molecule has 1 atom stereocenters. The topological polar surface area (TPSA) is 0 Å². The predicted molar refractivity (Wildman–Crippen MR) is 45.3 cm³/mol. The number of unbranched alkanes of at least 4 members (excludes halogenated alkanes) is 1. The minimum absolute atomic E-state index is 0.653. The van der Waals surface area contributed by atoms with Gasteiger partial charge < -0.3 is 0 Å². The van der Waals surface area contributed by atoms with Crippen molar-refractivity contribution in [3.05, 3.63) is 20.1 Å². The average Bonchev–Trinajstić information content (AvgIpc) is 1.88. The second kappa shape index (κ2) is 10.7. The highest BCUT2D eigenvalue weighted by molar-refractivity contribution is 4.51. The summed E-state index contributed by atoms with van der Waals surface area (Å²) in [5.41, 5.74) is 0. The molecule has 55 valence electrons. The van der Waals surface area contributed by atoms with Crippen LogP contribution in [0.1, 0.15) is 33.1 Å². The van der Waals surface area contributed by atoms with Crippen molar-refractivity contribution in [3.63, 3.8) is 0 Å². The van der Waals surface area contributed by atoms with E-state index < -0.39 is 0 Å².